The minimum absolute atomic E-state index is 0.00166. The number of likely N-dealkylation sites (tertiary alicyclic amines) is 1. The maximum atomic E-state index is 12.9. The Balaban J connectivity index is 1.99. The van der Waals surface area contributed by atoms with Crippen LogP contribution in [0.3, 0.4) is 0 Å². The molecule has 0 spiro atoms. The molecule has 132 valence electrons. The Bertz CT molecular complexity index is 841. The standard InChI is InChI=1S/C21H22N4O/c1-3-18(23-24-22)14-19-20(17-12-8-5-9-13-17)25(21(19)26)15(2)16-10-6-4-7-11-16/h4-15,18,20H,3H2,1-2H3/b19-14+/t15-,18+,20-/m0/s1. The van der Waals surface area contributed by atoms with Gasteiger partial charge in [-0.15, -0.1) is 0 Å². The van der Waals surface area contributed by atoms with Gasteiger partial charge in [0.15, 0.2) is 0 Å². The zero-order valence-electron chi connectivity index (χ0n) is 15.0. The summed E-state index contributed by atoms with van der Waals surface area (Å²) >= 11 is 0. The lowest BCUT2D eigenvalue weighted by molar-refractivity contribution is -0.140. The molecule has 3 atom stereocenters. The molecule has 0 radical (unpaired) electrons. The summed E-state index contributed by atoms with van der Waals surface area (Å²) in [5.74, 6) is 0.00166. The van der Waals surface area contributed by atoms with Crippen LogP contribution in [0.2, 0.25) is 0 Å². The van der Waals surface area contributed by atoms with Crippen LogP contribution in [0.15, 0.2) is 77.4 Å². The van der Waals surface area contributed by atoms with Crippen LogP contribution >= 0.6 is 0 Å². The number of hydrogen-bond donors (Lipinski definition) is 0. The molecular weight excluding hydrogens is 324 g/mol. The molecule has 1 amide bonds. The number of azide groups is 1. The van der Waals surface area contributed by atoms with E-state index >= 15 is 0 Å². The van der Waals surface area contributed by atoms with E-state index in [2.05, 4.69) is 10.0 Å². The van der Waals surface area contributed by atoms with Crippen LogP contribution in [0.5, 0.6) is 0 Å². The molecule has 3 rings (SSSR count). The van der Waals surface area contributed by atoms with Crippen molar-refractivity contribution < 1.29 is 4.79 Å². The van der Waals surface area contributed by atoms with Crippen molar-refractivity contribution >= 4 is 5.91 Å². The molecule has 0 unspecified atom stereocenters. The maximum absolute atomic E-state index is 12.9. The summed E-state index contributed by atoms with van der Waals surface area (Å²) in [4.78, 5) is 17.7. The van der Waals surface area contributed by atoms with Crippen molar-refractivity contribution in [1.29, 1.82) is 0 Å². The highest BCUT2D eigenvalue weighted by Crippen LogP contribution is 2.45. The second-order valence-corrected chi connectivity index (χ2v) is 6.41. The fraction of sp³-hybridized carbons (Fsp3) is 0.286. The molecule has 1 heterocycles. The average molecular weight is 346 g/mol. The number of benzene rings is 2. The van der Waals surface area contributed by atoms with Gasteiger partial charge in [-0.25, -0.2) is 0 Å². The minimum Gasteiger partial charge on any atom is -0.321 e. The second-order valence-electron chi connectivity index (χ2n) is 6.41. The molecule has 0 saturated carbocycles. The third-order valence-electron chi connectivity index (χ3n) is 4.86. The summed E-state index contributed by atoms with van der Waals surface area (Å²) in [5, 5.41) is 3.79. The molecule has 0 aliphatic carbocycles. The lowest BCUT2D eigenvalue weighted by atomic mass is 9.84. The van der Waals surface area contributed by atoms with E-state index in [1.165, 1.54) is 0 Å². The molecule has 1 fully saturated rings. The summed E-state index contributed by atoms with van der Waals surface area (Å²) in [6.07, 6.45) is 2.49. The molecule has 2 aromatic carbocycles. The van der Waals surface area contributed by atoms with E-state index in [0.717, 1.165) is 11.1 Å². The predicted octanol–water partition coefficient (Wildman–Crippen LogP) is 5.35. The number of carbonyl (C=O) groups excluding carboxylic acids is 1. The van der Waals surface area contributed by atoms with E-state index in [1.54, 1.807) is 0 Å². The largest absolute Gasteiger partial charge is 0.321 e. The van der Waals surface area contributed by atoms with Crippen molar-refractivity contribution in [3.05, 3.63) is 93.9 Å². The topological polar surface area (TPSA) is 69.1 Å². The molecular formula is C21H22N4O. The molecule has 0 aromatic heterocycles. The fourth-order valence-electron chi connectivity index (χ4n) is 3.40. The lowest BCUT2D eigenvalue weighted by Crippen LogP contribution is -2.50. The first-order chi connectivity index (χ1) is 12.7. The van der Waals surface area contributed by atoms with Crippen LogP contribution in [-0.2, 0) is 4.79 Å². The number of amides is 1. The first-order valence-electron chi connectivity index (χ1n) is 8.85. The number of β-lactam (4-membered cyclic amide) rings is 1. The maximum Gasteiger partial charge on any atom is 0.253 e. The second kappa shape index (κ2) is 7.89. The Hall–Kier alpha value is -3.04. The molecule has 1 aliphatic rings. The monoisotopic (exact) mass is 346 g/mol. The quantitative estimate of drug-likeness (QED) is 0.229. The van der Waals surface area contributed by atoms with Crippen LogP contribution < -0.4 is 0 Å². The average Bonchev–Trinajstić information content (AvgIpc) is 2.69. The van der Waals surface area contributed by atoms with E-state index in [4.69, 9.17) is 5.53 Å². The van der Waals surface area contributed by atoms with Crippen LogP contribution in [0, 0.1) is 0 Å². The van der Waals surface area contributed by atoms with Gasteiger partial charge in [-0.05, 0) is 30.0 Å². The normalized spacial score (nSPS) is 20.2. The molecule has 5 heteroatoms. The molecule has 0 bridgehead atoms. The van der Waals surface area contributed by atoms with Gasteiger partial charge in [0, 0.05) is 10.5 Å². The van der Waals surface area contributed by atoms with E-state index in [0.29, 0.717) is 12.0 Å². The molecule has 2 aromatic rings. The lowest BCUT2D eigenvalue weighted by Gasteiger charge is -2.47. The highest BCUT2D eigenvalue weighted by molar-refractivity contribution is 6.02. The van der Waals surface area contributed by atoms with Crippen LogP contribution in [-0.4, -0.2) is 16.8 Å². The summed E-state index contributed by atoms with van der Waals surface area (Å²) in [5.41, 5.74) is 11.6. The van der Waals surface area contributed by atoms with Gasteiger partial charge in [-0.3, -0.25) is 4.79 Å². The summed E-state index contributed by atoms with van der Waals surface area (Å²) in [7, 11) is 0. The summed E-state index contributed by atoms with van der Waals surface area (Å²) < 4.78 is 0. The summed E-state index contributed by atoms with van der Waals surface area (Å²) in [6.45, 7) is 3.99. The fourth-order valence-corrected chi connectivity index (χ4v) is 3.40. The van der Waals surface area contributed by atoms with Gasteiger partial charge < -0.3 is 4.90 Å². The van der Waals surface area contributed by atoms with Crippen molar-refractivity contribution in [2.24, 2.45) is 5.11 Å². The highest BCUT2D eigenvalue weighted by atomic mass is 16.2. The van der Waals surface area contributed by atoms with Crippen molar-refractivity contribution in [2.45, 2.75) is 38.4 Å². The molecule has 1 saturated heterocycles. The van der Waals surface area contributed by atoms with Crippen molar-refractivity contribution in [3.63, 3.8) is 0 Å². The number of hydrogen-bond acceptors (Lipinski definition) is 2. The van der Waals surface area contributed by atoms with Crippen LogP contribution in [0.1, 0.15) is 43.5 Å². The van der Waals surface area contributed by atoms with Gasteiger partial charge in [0.05, 0.1) is 18.1 Å². The molecule has 1 aliphatic heterocycles. The number of nitrogens with zero attached hydrogens (tertiary/aromatic N) is 4. The molecule has 26 heavy (non-hydrogen) atoms. The Morgan fingerprint density at radius 3 is 2.35 bits per heavy atom. The Morgan fingerprint density at radius 1 is 1.15 bits per heavy atom. The predicted molar refractivity (Wildman–Crippen MR) is 102 cm³/mol. The third-order valence-corrected chi connectivity index (χ3v) is 4.86. The highest BCUT2D eigenvalue weighted by Gasteiger charge is 2.45. The van der Waals surface area contributed by atoms with E-state index in [1.807, 2.05) is 85.5 Å². The Kier molecular flexibility index (Phi) is 5.40. The SMILES string of the molecule is CC[C@H](/C=C1/C(=O)N([C@@H](C)c2ccccc2)[C@H]1c1ccccc1)N=[N+]=[N-]. The summed E-state index contributed by atoms with van der Waals surface area (Å²) in [6, 6.07) is 19.5. The van der Waals surface area contributed by atoms with Gasteiger partial charge in [0.1, 0.15) is 0 Å². The zero-order chi connectivity index (χ0) is 18.5. The molecule has 5 nitrogen and oxygen atoms in total. The van der Waals surface area contributed by atoms with Crippen molar-refractivity contribution in [3.8, 4) is 0 Å². The number of rotatable bonds is 6. The molecule has 0 N–H and O–H groups in total. The van der Waals surface area contributed by atoms with Gasteiger partial charge in [-0.1, -0.05) is 78.8 Å². The van der Waals surface area contributed by atoms with E-state index in [9.17, 15) is 4.79 Å². The van der Waals surface area contributed by atoms with Crippen molar-refractivity contribution in [1.82, 2.24) is 4.90 Å². The Labute approximate surface area is 153 Å². The van der Waals surface area contributed by atoms with Crippen LogP contribution in [0.25, 0.3) is 10.4 Å². The van der Waals surface area contributed by atoms with Gasteiger partial charge in [0.2, 0.25) is 0 Å². The van der Waals surface area contributed by atoms with Gasteiger partial charge in [-0.2, -0.15) is 0 Å². The zero-order valence-corrected chi connectivity index (χ0v) is 15.0. The number of carbonyl (C=O) groups is 1. The van der Waals surface area contributed by atoms with Crippen LogP contribution in [0.4, 0.5) is 0 Å². The minimum atomic E-state index is -0.306. The van der Waals surface area contributed by atoms with Gasteiger partial charge >= 0.3 is 0 Å². The van der Waals surface area contributed by atoms with Crippen molar-refractivity contribution in [2.75, 3.05) is 0 Å². The van der Waals surface area contributed by atoms with Gasteiger partial charge in [0.25, 0.3) is 5.91 Å². The van der Waals surface area contributed by atoms with E-state index in [-0.39, 0.29) is 24.0 Å². The third kappa shape index (κ3) is 3.35. The smallest absolute Gasteiger partial charge is 0.253 e. The first-order valence-corrected chi connectivity index (χ1v) is 8.85. The van der Waals surface area contributed by atoms with E-state index < -0.39 is 0 Å². The first kappa shape index (κ1) is 17.8. The Morgan fingerprint density at radius 2 is 1.77 bits per heavy atom.